The first-order chi connectivity index (χ1) is 10.8. The van der Waals surface area contributed by atoms with Gasteiger partial charge in [-0.3, -0.25) is 4.98 Å². The molecule has 1 heterocycles. The first-order valence-electron chi connectivity index (χ1n) is 8.09. The lowest BCUT2D eigenvalue weighted by atomic mass is 10.0. The average Bonchev–Trinajstić information content (AvgIpc) is 2.44. The van der Waals surface area contributed by atoms with Crippen molar-refractivity contribution in [2.24, 2.45) is 5.92 Å². The molecule has 1 N–H and O–H groups in total. The van der Waals surface area contributed by atoms with Gasteiger partial charge in [-0.15, -0.1) is 0 Å². The number of para-hydroxylation sites is 1. The van der Waals surface area contributed by atoms with Gasteiger partial charge in [-0.1, -0.05) is 32.0 Å². The van der Waals surface area contributed by atoms with E-state index in [1.807, 2.05) is 51.1 Å². The Morgan fingerprint density at radius 3 is 2.57 bits per heavy atom. The summed E-state index contributed by atoms with van der Waals surface area (Å²) in [7, 11) is 0. The molecule has 0 unspecified atom stereocenters. The van der Waals surface area contributed by atoms with Crippen LogP contribution in [0.3, 0.4) is 0 Å². The third kappa shape index (κ3) is 4.95. The van der Waals surface area contributed by atoms with Crippen molar-refractivity contribution in [2.75, 3.05) is 5.32 Å². The van der Waals surface area contributed by atoms with Crippen LogP contribution in [0.15, 0.2) is 36.5 Å². The normalized spacial score (nSPS) is 13.1. The molecule has 2 aromatic rings. The number of anilines is 1. The average molecular weight is 314 g/mol. The summed E-state index contributed by atoms with van der Waals surface area (Å²) in [5.41, 5.74) is 1.23. The third-order valence-electron chi connectivity index (χ3n) is 3.36. The summed E-state index contributed by atoms with van der Waals surface area (Å²) in [6.07, 6.45) is 2.47. The van der Waals surface area contributed by atoms with Gasteiger partial charge in [0.25, 0.3) is 0 Å². The Hall–Kier alpha value is -2.10. The summed E-state index contributed by atoms with van der Waals surface area (Å²) in [5, 5.41) is 4.38. The minimum atomic E-state index is -0.495. The number of pyridine rings is 1. The van der Waals surface area contributed by atoms with Crippen LogP contribution in [0.1, 0.15) is 41.0 Å². The Morgan fingerprint density at radius 1 is 1.22 bits per heavy atom. The molecule has 0 spiro atoms. The van der Waals surface area contributed by atoms with Crippen LogP contribution in [-0.2, 0) is 9.53 Å². The van der Waals surface area contributed by atoms with E-state index < -0.39 is 5.60 Å². The summed E-state index contributed by atoms with van der Waals surface area (Å²) in [4.78, 5) is 17.0. The lowest BCUT2D eigenvalue weighted by molar-refractivity contribution is -0.156. The van der Waals surface area contributed by atoms with E-state index in [0.29, 0.717) is 12.3 Å². The Bertz CT molecular complexity index is 669. The van der Waals surface area contributed by atoms with E-state index in [9.17, 15) is 4.79 Å². The molecule has 0 saturated heterocycles. The van der Waals surface area contributed by atoms with E-state index in [1.165, 1.54) is 0 Å². The molecule has 0 aliphatic carbocycles. The van der Waals surface area contributed by atoms with Crippen molar-refractivity contribution in [2.45, 2.75) is 52.7 Å². The highest BCUT2D eigenvalue weighted by atomic mass is 16.6. The maximum Gasteiger partial charge on any atom is 0.329 e. The number of nitrogens with one attached hydrogen (secondary N) is 1. The second kappa shape index (κ2) is 6.99. The number of fused-ring (bicyclic) bond motifs is 1. The number of hydrogen-bond acceptors (Lipinski definition) is 4. The third-order valence-corrected chi connectivity index (χ3v) is 3.36. The van der Waals surface area contributed by atoms with E-state index in [1.54, 1.807) is 6.20 Å². The van der Waals surface area contributed by atoms with Gasteiger partial charge in [0, 0.05) is 11.6 Å². The van der Waals surface area contributed by atoms with Gasteiger partial charge in [-0.2, -0.15) is 0 Å². The highest BCUT2D eigenvalue weighted by Crippen LogP contribution is 2.23. The van der Waals surface area contributed by atoms with Gasteiger partial charge in [-0.25, -0.2) is 4.79 Å². The molecule has 4 nitrogen and oxygen atoms in total. The summed E-state index contributed by atoms with van der Waals surface area (Å²) in [6, 6.07) is 9.46. The second-order valence-electron chi connectivity index (χ2n) is 7.24. The summed E-state index contributed by atoms with van der Waals surface area (Å²) in [5.74, 6) is 0.155. The van der Waals surface area contributed by atoms with Crippen LogP contribution in [0, 0.1) is 5.92 Å². The van der Waals surface area contributed by atoms with E-state index in [-0.39, 0.29) is 12.0 Å². The van der Waals surface area contributed by atoms with Crippen LogP contribution in [0.2, 0.25) is 0 Å². The molecule has 0 saturated carbocycles. The minimum absolute atomic E-state index is 0.223. The number of nitrogens with zero attached hydrogens (tertiary/aromatic N) is 1. The fourth-order valence-electron chi connectivity index (χ4n) is 2.47. The highest BCUT2D eigenvalue weighted by molar-refractivity contribution is 5.92. The molecule has 124 valence electrons. The Balaban J connectivity index is 2.27. The van der Waals surface area contributed by atoms with Crippen LogP contribution >= 0.6 is 0 Å². The van der Waals surface area contributed by atoms with Gasteiger partial charge in [-0.05, 0) is 45.2 Å². The molecule has 4 heteroatoms. The van der Waals surface area contributed by atoms with Crippen LogP contribution in [-0.4, -0.2) is 22.6 Å². The van der Waals surface area contributed by atoms with Crippen molar-refractivity contribution in [3.05, 3.63) is 36.5 Å². The summed E-state index contributed by atoms with van der Waals surface area (Å²) in [6.45, 7) is 9.85. The smallest absolute Gasteiger partial charge is 0.329 e. The zero-order valence-electron chi connectivity index (χ0n) is 14.6. The Labute approximate surface area is 138 Å². The quantitative estimate of drug-likeness (QED) is 0.831. The fourth-order valence-corrected chi connectivity index (χ4v) is 2.47. The minimum Gasteiger partial charge on any atom is -0.458 e. The molecule has 0 amide bonds. The number of benzene rings is 1. The van der Waals surface area contributed by atoms with Crippen molar-refractivity contribution in [1.82, 2.24) is 4.98 Å². The monoisotopic (exact) mass is 314 g/mol. The summed E-state index contributed by atoms with van der Waals surface area (Å²) < 4.78 is 5.56. The zero-order chi connectivity index (χ0) is 17.0. The molecule has 2 rings (SSSR count). The predicted octanol–water partition coefficient (Wildman–Crippen LogP) is 4.40. The second-order valence-corrected chi connectivity index (χ2v) is 7.24. The van der Waals surface area contributed by atoms with Gasteiger partial charge in [0.2, 0.25) is 0 Å². The van der Waals surface area contributed by atoms with E-state index in [0.717, 1.165) is 16.6 Å². The van der Waals surface area contributed by atoms with Gasteiger partial charge in [0.15, 0.2) is 0 Å². The van der Waals surface area contributed by atoms with Crippen molar-refractivity contribution in [3.63, 3.8) is 0 Å². The van der Waals surface area contributed by atoms with Gasteiger partial charge >= 0.3 is 5.97 Å². The number of carbonyl (C=O) groups excluding carboxylic acids is 1. The van der Waals surface area contributed by atoms with Crippen molar-refractivity contribution in [1.29, 1.82) is 0 Å². The van der Waals surface area contributed by atoms with Gasteiger partial charge < -0.3 is 10.1 Å². The Kier molecular flexibility index (Phi) is 5.24. The first kappa shape index (κ1) is 17.3. The molecule has 0 fully saturated rings. The number of carbonyl (C=O) groups is 1. The van der Waals surface area contributed by atoms with Gasteiger partial charge in [0.05, 0.1) is 11.2 Å². The number of ether oxygens (including phenoxy) is 1. The lowest BCUT2D eigenvalue weighted by Gasteiger charge is -2.26. The van der Waals surface area contributed by atoms with Crippen molar-refractivity contribution < 1.29 is 9.53 Å². The first-order valence-corrected chi connectivity index (χ1v) is 8.09. The topological polar surface area (TPSA) is 51.2 Å². The van der Waals surface area contributed by atoms with E-state index in [2.05, 4.69) is 24.1 Å². The zero-order valence-corrected chi connectivity index (χ0v) is 14.6. The van der Waals surface area contributed by atoms with Crippen molar-refractivity contribution in [3.8, 4) is 0 Å². The standard InChI is InChI=1S/C19H26N2O2/c1-13(2)12-16(18(22)23-19(3,4)5)21-15-10-6-8-14-9-7-11-20-17(14)15/h6-11,13,16,21H,12H2,1-5H3/t16-/m1/s1. The van der Waals surface area contributed by atoms with Gasteiger partial charge in [0.1, 0.15) is 11.6 Å². The molecule has 0 aliphatic heterocycles. The molecule has 1 aromatic carbocycles. The van der Waals surface area contributed by atoms with Crippen molar-refractivity contribution >= 4 is 22.6 Å². The molecule has 0 bridgehead atoms. The highest BCUT2D eigenvalue weighted by Gasteiger charge is 2.26. The number of hydrogen-bond donors (Lipinski definition) is 1. The van der Waals surface area contributed by atoms with E-state index in [4.69, 9.17) is 4.74 Å². The van der Waals surface area contributed by atoms with Crippen LogP contribution in [0.5, 0.6) is 0 Å². The number of aromatic nitrogens is 1. The molecule has 1 aromatic heterocycles. The predicted molar refractivity (Wildman–Crippen MR) is 94.5 cm³/mol. The molecule has 1 atom stereocenters. The fraction of sp³-hybridized carbons (Fsp3) is 0.474. The number of esters is 1. The molecule has 23 heavy (non-hydrogen) atoms. The van der Waals surface area contributed by atoms with Crippen LogP contribution in [0.4, 0.5) is 5.69 Å². The maximum atomic E-state index is 12.5. The maximum absolute atomic E-state index is 12.5. The summed E-state index contributed by atoms with van der Waals surface area (Å²) >= 11 is 0. The van der Waals surface area contributed by atoms with Crippen LogP contribution in [0.25, 0.3) is 10.9 Å². The molecular formula is C19H26N2O2. The molecular weight excluding hydrogens is 288 g/mol. The van der Waals surface area contributed by atoms with E-state index >= 15 is 0 Å². The number of rotatable bonds is 5. The largest absolute Gasteiger partial charge is 0.458 e. The molecule has 0 aliphatic rings. The SMILES string of the molecule is CC(C)C[C@@H](Nc1cccc2cccnc12)C(=O)OC(C)(C)C. The lowest BCUT2D eigenvalue weighted by Crippen LogP contribution is -2.37. The molecule has 0 radical (unpaired) electrons. The Morgan fingerprint density at radius 2 is 1.91 bits per heavy atom. The van der Waals surface area contributed by atoms with Crippen LogP contribution < -0.4 is 5.32 Å².